The van der Waals surface area contributed by atoms with E-state index in [0.29, 0.717) is 0 Å². The third-order valence-corrected chi connectivity index (χ3v) is 4.15. The zero-order valence-corrected chi connectivity index (χ0v) is 12.2. The largest absolute Gasteiger partial charge is 0.480 e. The van der Waals surface area contributed by atoms with Gasteiger partial charge in [0.1, 0.15) is 11.4 Å². The zero-order chi connectivity index (χ0) is 15.6. The lowest BCUT2D eigenvalue weighted by Crippen LogP contribution is -2.54. The molecular weight excluding hydrogens is 273 g/mol. The Morgan fingerprint density at radius 2 is 2.14 bits per heavy atom. The molecule has 21 heavy (non-hydrogen) atoms. The summed E-state index contributed by atoms with van der Waals surface area (Å²) in [6.07, 6.45) is 1.78. The van der Waals surface area contributed by atoms with Gasteiger partial charge in [0.15, 0.2) is 0 Å². The first-order chi connectivity index (χ1) is 9.83. The lowest BCUT2D eigenvalue weighted by Gasteiger charge is -2.27. The molecule has 0 aliphatic heterocycles. The Balaban J connectivity index is 1.99. The summed E-state index contributed by atoms with van der Waals surface area (Å²) in [5.74, 6) is -1.82. The van der Waals surface area contributed by atoms with E-state index in [1.54, 1.807) is 19.1 Å². The van der Waals surface area contributed by atoms with E-state index in [1.807, 2.05) is 6.92 Å². The molecule has 4 nitrogen and oxygen atoms in total. The number of carbonyl (C=O) groups is 2. The number of carboxylic acids is 1. The summed E-state index contributed by atoms with van der Waals surface area (Å²) in [5, 5.41) is 12.0. The predicted octanol–water partition coefficient (Wildman–Crippen LogP) is 2.69. The van der Waals surface area contributed by atoms with Gasteiger partial charge in [0.2, 0.25) is 5.91 Å². The Morgan fingerprint density at radius 1 is 1.48 bits per heavy atom. The van der Waals surface area contributed by atoms with Crippen LogP contribution < -0.4 is 5.32 Å². The second-order valence-electron chi connectivity index (χ2n) is 5.99. The number of aliphatic carboxylic acids is 1. The maximum Gasteiger partial charge on any atom is 0.329 e. The van der Waals surface area contributed by atoms with Crippen molar-refractivity contribution in [1.82, 2.24) is 5.32 Å². The summed E-state index contributed by atoms with van der Waals surface area (Å²) in [6, 6.07) is 6.11. The minimum absolute atomic E-state index is 0.00317. The normalized spacial score (nSPS) is 18.6. The van der Waals surface area contributed by atoms with Gasteiger partial charge in [-0.25, -0.2) is 9.18 Å². The van der Waals surface area contributed by atoms with E-state index in [4.69, 9.17) is 0 Å². The van der Waals surface area contributed by atoms with Crippen LogP contribution in [0.15, 0.2) is 24.3 Å². The molecule has 5 heteroatoms. The summed E-state index contributed by atoms with van der Waals surface area (Å²) >= 11 is 0. The first-order valence-corrected chi connectivity index (χ1v) is 7.13. The highest BCUT2D eigenvalue weighted by molar-refractivity contribution is 5.87. The minimum Gasteiger partial charge on any atom is -0.480 e. The van der Waals surface area contributed by atoms with Gasteiger partial charge in [0.05, 0.1) is 0 Å². The number of rotatable bonds is 6. The molecule has 2 N–H and O–H groups in total. The van der Waals surface area contributed by atoms with Crippen molar-refractivity contribution in [2.24, 2.45) is 5.92 Å². The highest BCUT2D eigenvalue weighted by atomic mass is 19.1. The fourth-order valence-corrected chi connectivity index (χ4v) is 2.54. The number of benzene rings is 1. The van der Waals surface area contributed by atoms with E-state index < -0.39 is 11.5 Å². The fraction of sp³-hybridized carbons (Fsp3) is 0.500. The van der Waals surface area contributed by atoms with Crippen molar-refractivity contribution in [3.63, 3.8) is 0 Å². The molecule has 0 bridgehead atoms. The van der Waals surface area contributed by atoms with Gasteiger partial charge in [-0.1, -0.05) is 19.1 Å². The molecule has 0 saturated heterocycles. The van der Waals surface area contributed by atoms with Gasteiger partial charge in [0.25, 0.3) is 0 Å². The molecular formula is C16H20FNO3. The van der Waals surface area contributed by atoms with Crippen LogP contribution in [0.2, 0.25) is 0 Å². The molecule has 1 aliphatic rings. The standard InChI is InChI=1S/C16H20FNO3/c1-10(11-4-3-5-13(17)9-11)8-14(19)18-16(2,15(20)21)12-6-7-12/h3-5,9-10,12H,6-8H2,1-2H3,(H,18,19)(H,20,21)/t10-,16-/m0/s1. The van der Waals surface area contributed by atoms with Gasteiger partial charge in [-0.2, -0.15) is 0 Å². The van der Waals surface area contributed by atoms with E-state index in [9.17, 15) is 19.1 Å². The summed E-state index contributed by atoms with van der Waals surface area (Å²) in [7, 11) is 0. The molecule has 0 spiro atoms. The summed E-state index contributed by atoms with van der Waals surface area (Å²) in [4.78, 5) is 23.5. The number of carbonyl (C=O) groups excluding carboxylic acids is 1. The van der Waals surface area contributed by atoms with Crippen LogP contribution in [0.5, 0.6) is 0 Å². The monoisotopic (exact) mass is 293 g/mol. The van der Waals surface area contributed by atoms with Crippen molar-refractivity contribution >= 4 is 11.9 Å². The maximum atomic E-state index is 13.2. The Bertz CT molecular complexity index is 556. The first kappa shape index (κ1) is 15.5. The maximum absolute atomic E-state index is 13.2. The molecule has 1 aromatic rings. The van der Waals surface area contributed by atoms with E-state index in [2.05, 4.69) is 5.32 Å². The number of amides is 1. The molecule has 0 heterocycles. The molecule has 2 rings (SSSR count). The minimum atomic E-state index is -1.20. The van der Waals surface area contributed by atoms with Crippen molar-refractivity contribution in [2.75, 3.05) is 0 Å². The third kappa shape index (κ3) is 3.60. The van der Waals surface area contributed by atoms with Crippen LogP contribution in [0.1, 0.15) is 44.6 Å². The average Bonchev–Trinajstić information content (AvgIpc) is 3.22. The molecule has 1 fully saturated rings. The van der Waals surface area contributed by atoms with Gasteiger partial charge in [-0.3, -0.25) is 4.79 Å². The second-order valence-corrected chi connectivity index (χ2v) is 5.99. The first-order valence-electron chi connectivity index (χ1n) is 7.13. The average molecular weight is 293 g/mol. The Kier molecular flexibility index (Phi) is 4.30. The second kappa shape index (κ2) is 5.84. The van der Waals surface area contributed by atoms with Gasteiger partial charge in [0, 0.05) is 6.42 Å². The molecule has 1 aliphatic carbocycles. The quantitative estimate of drug-likeness (QED) is 0.847. The van der Waals surface area contributed by atoms with Crippen LogP contribution in [-0.4, -0.2) is 22.5 Å². The van der Waals surface area contributed by atoms with Crippen molar-refractivity contribution in [1.29, 1.82) is 0 Å². The van der Waals surface area contributed by atoms with Gasteiger partial charge in [-0.15, -0.1) is 0 Å². The zero-order valence-electron chi connectivity index (χ0n) is 12.2. The Labute approximate surface area is 123 Å². The predicted molar refractivity (Wildman–Crippen MR) is 76.3 cm³/mol. The smallest absolute Gasteiger partial charge is 0.329 e. The third-order valence-electron chi connectivity index (χ3n) is 4.15. The molecule has 1 amide bonds. The SMILES string of the molecule is C[C@@H](CC(=O)N[C@](C)(C(=O)O)C1CC1)c1cccc(F)c1. The van der Waals surface area contributed by atoms with E-state index in [0.717, 1.165) is 18.4 Å². The molecule has 2 atom stereocenters. The van der Waals surface area contributed by atoms with Crippen molar-refractivity contribution in [3.8, 4) is 0 Å². The van der Waals surface area contributed by atoms with Crippen molar-refractivity contribution < 1.29 is 19.1 Å². The number of carboxylic acid groups (broad SMARTS) is 1. The number of halogens is 1. The summed E-state index contributed by atoms with van der Waals surface area (Å²) in [5.41, 5.74) is -0.466. The fourth-order valence-electron chi connectivity index (χ4n) is 2.54. The summed E-state index contributed by atoms with van der Waals surface area (Å²) in [6.45, 7) is 3.38. The van der Waals surface area contributed by atoms with Gasteiger partial charge >= 0.3 is 5.97 Å². The lowest BCUT2D eigenvalue weighted by atomic mass is 9.93. The van der Waals surface area contributed by atoms with Crippen LogP contribution in [0, 0.1) is 11.7 Å². The van der Waals surface area contributed by atoms with Gasteiger partial charge in [-0.05, 0) is 49.3 Å². The molecule has 1 aromatic carbocycles. The van der Waals surface area contributed by atoms with Crippen LogP contribution in [0.25, 0.3) is 0 Å². The number of hydrogen-bond acceptors (Lipinski definition) is 2. The van der Waals surface area contributed by atoms with Crippen LogP contribution in [-0.2, 0) is 9.59 Å². The van der Waals surface area contributed by atoms with Crippen molar-refractivity contribution in [2.45, 2.75) is 44.6 Å². The lowest BCUT2D eigenvalue weighted by molar-refractivity contribution is -0.148. The van der Waals surface area contributed by atoms with E-state index >= 15 is 0 Å². The van der Waals surface area contributed by atoms with Gasteiger partial charge < -0.3 is 10.4 Å². The molecule has 0 unspecified atom stereocenters. The molecule has 1 saturated carbocycles. The van der Waals surface area contributed by atoms with E-state index in [1.165, 1.54) is 12.1 Å². The molecule has 114 valence electrons. The topological polar surface area (TPSA) is 66.4 Å². The highest BCUT2D eigenvalue weighted by Crippen LogP contribution is 2.39. The Morgan fingerprint density at radius 3 is 2.67 bits per heavy atom. The molecule has 0 radical (unpaired) electrons. The number of hydrogen-bond donors (Lipinski definition) is 2. The number of nitrogens with one attached hydrogen (secondary N) is 1. The summed E-state index contributed by atoms with van der Waals surface area (Å²) < 4.78 is 13.2. The van der Waals surface area contributed by atoms with Crippen LogP contribution >= 0.6 is 0 Å². The molecule has 0 aromatic heterocycles. The van der Waals surface area contributed by atoms with Crippen LogP contribution in [0.3, 0.4) is 0 Å². The van der Waals surface area contributed by atoms with Crippen molar-refractivity contribution in [3.05, 3.63) is 35.6 Å². The van der Waals surface area contributed by atoms with E-state index in [-0.39, 0.29) is 30.0 Å². The highest BCUT2D eigenvalue weighted by Gasteiger charge is 2.48. The Hall–Kier alpha value is -1.91. The van der Waals surface area contributed by atoms with Crippen LogP contribution in [0.4, 0.5) is 4.39 Å².